The number of nitrogens with zero attached hydrogens (tertiary/aromatic N) is 2. The van der Waals surface area contributed by atoms with Gasteiger partial charge in [0.1, 0.15) is 5.82 Å². The van der Waals surface area contributed by atoms with Gasteiger partial charge in [-0.1, -0.05) is 13.8 Å². The first-order valence-corrected chi connectivity index (χ1v) is 9.44. The Balaban J connectivity index is 2.11. The number of hydrogen-bond acceptors (Lipinski definition) is 2. The summed E-state index contributed by atoms with van der Waals surface area (Å²) in [6.07, 6.45) is 5.97. The Hall–Kier alpha value is -1.04. The Labute approximate surface area is 146 Å². The molecule has 0 bridgehead atoms. The second kappa shape index (κ2) is 7.02. The van der Waals surface area contributed by atoms with E-state index in [9.17, 15) is 0 Å². The van der Waals surface area contributed by atoms with Crippen molar-refractivity contribution in [2.24, 2.45) is 0 Å². The first kappa shape index (κ1) is 15.8. The highest BCUT2D eigenvalue weighted by atomic mass is 127. The average molecular weight is 409 g/mol. The summed E-state index contributed by atoms with van der Waals surface area (Å²) in [6.45, 7) is 5.59. The Morgan fingerprint density at radius 1 is 1.18 bits per heavy atom. The van der Waals surface area contributed by atoms with Crippen LogP contribution in [0.1, 0.15) is 56.7 Å². The molecular weight excluding hydrogens is 385 g/mol. The van der Waals surface area contributed by atoms with Gasteiger partial charge >= 0.3 is 0 Å². The van der Waals surface area contributed by atoms with Gasteiger partial charge in [0.15, 0.2) is 0 Å². The van der Waals surface area contributed by atoms with Gasteiger partial charge in [0, 0.05) is 21.6 Å². The number of rotatable bonds is 4. The molecule has 1 aliphatic rings. The van der Waals surface area contributed by atoms with Crippen LogP contribution in [0.15, 0.2) is 24.3 Å². The van der Waals surface area contributed by atoms with Crippen LogP contribution in [-0.4, -0.2) is 16.3 Å². The van der Waals surface area contributed by atoms with Crippen LogP contribution in [0.4, 0.5) is 5.82 Å². The van der Waals surface area contributed by atoms with Crippen LogP contribution in [0.5, 0.6) is 0 Å². The van der Waals surface area contributed by atoms with Crippen molar-refractivity contribution >= 4 is 28.4 Å². The Morgan fingerprint density at radius 3 is 2.59 bits per heavy atom. The maximum atomic E-state index is 5.03. The van der Waals surface area contributed by atoms with Crippen molar-refractivity contribution in [2.45, 2.75) is 51.9 Å². The monoisotopic (exact) mass is 409 g/mol. The molecule has 0 fully saturated rings. The summed E-state index contributed by atoms with van der Waals surface area (Å²) in [7, 11) is 0. The van der Waals surface area contributed by atoms with E-state index in [2.05, 4.69) is 70.7 Å². The molecule has 0 aliphatic carbocycles. The number of hydrogen-bond donors (Lipinski definition) is 1. The zero-order valence-corrected chi connectivity index (χ0v) is 15.6. The molecule has 1 aromatic carbocycles. The van der Waals surface area contributed by atoms with E-state index in [-0.39, 0.29) is 0 Å². The molecule has 2 aromatic rings. The zero-order valence-electron chi connectivity index (χ0n) is 13.4. The molecule has 0 unspecified atom stereocenters. The SMILES string of the molecule is CCC(CC)c1nn(-c2ccc(I)cc2)c2c1CCCCN2. The van der Waals surface area contributed by atoms with E-state index in [1.807, 2.05) is 0 Å². The minimum atomic E-state index is 0.568. The highest BCUT2D eigenvalue weighted by Crippen LogP contribution is 2.34. The van der Waals surface area contributed by atoms with Gasteiger partial charge in [-0.3, -0.25) is 0 Å². The lowest BCUT2D eigenvalue weighted by atomic mass is 9.94. The van der Waals surface area contributed by atoms with Crippen molar-refractivity contribution in [3.8, 4) is 5.69 Å². The molecule has 0 saturated heterocycles. The van der Waals surface area contributed by atoms with Crippen molar-refractivity contribution in [1.29, 1.82) is 0 Å². The largest absolute Gasteiger partial charge is 0.370 e. The minimum Gasteiger partial charge on any atom is -0.370 e. The summed E-state index contributed by atoms with van der Waals surface area (Å²) in [5.41, 5.74) is 3.92. The Bertz CT molecular complexity index is 627. The number of fused-ring (bicyclic) bond motifs is 1. The van der Waals surface area contributed by atoms with Crippen molar-refractivity contribution in [2.75, 3.05) is 11.9 Å². The number of anilines is 1. The van der Waals surface area contributed by atoms with Gasteiger partial charge in [-0.2, -0.15) is 5.10 Å². The predicted molar refractivity (Wildman–Crippen MR) is 101 cm³/mol. The quantitative estimate of drug-likeness (QED) is 0.710. The van der Waals surface area contributed by atoms with Gasteiger partial charge in [-0.05, 0) is 79.0 Å². The highest BCUT2D eigenvalue weighted by Gasteiger charge is 2.24. The van der Waals surface area contributed by atoms with Gasteiger partial charge in [0.25, 0.3) is 0 Å². The van der Waals surface area contributed by atoms with E-state index in [4.69, 9.17) is 5.10 Å². The lowest BCUT2D eigenvalue weighted by Crippen LogP contribution is -2.07. The number of nitrogens with one attached hydrogen (secondary N) is 1. The van der Waals surface area contributed by atoms with Gasteiger partial charge in [-0.15, -0.1) is 0 Å². The van der Waals surface area contributed by atoms with Crippen molar-refractivity contribution in [3.05, 3.63) is 39.1 Å². The molecule has 0 atom stereocenters. The fraction of sp³-hybridized carbons (Fsp3) is 0.500. The fourth-order valence-corrected chi connectivity index (χ4v) is 3.66. The first-order chi connectivity index (χ1) is 10.7. The minimum absolute atomic E-state index is 0.568. The molecule has 1 aromatic heterocycles. The molecule has 0 saturated carbocycles. The van der Waals surface area contributed by atoms with E-state index < -0.39 is 0 Å². The molecule has 0 amide bonds. The zero-order chi connectivity index (χ0) is 15.5. The topological polar surface area (TPSA) is 29.9 Å². The molecule has 0 radical (unpaired) electrons. The lowest BCUT2D eigenvalue weighted by Gasteiger charge is -2.11. The molecular formula is C18H24IN3. The van der Waals surface area contributed by atoms with Crippen LogP contribution in [0.25, 0.3) is 5.69 Å². The summed E-state index contributed by atoms with van der Waals surface area (Å²) in [6, 6.07) is 8.63. The van der Waals surface area contributed by atoms with E-state index in [0.717, 1.165) is 31.5 Å². The Kier molecular flexibility index (Phi) is 5.06. The van der Waals surface area contributed by atoms with Crippen LogP contribution < -0.4 is 5.32 Å². The summed E-state index contributed by atoms with van der Waals surface area (Å²) in [4.78, 5) is 0. The number of halogens is 1. The molecule has 1 aliphatic heterocycles. The molecule has 4 heteroatoms. The number of aromatic nitrogens is 2. The maximum absolute atomic E-state index is 5.03. The van der Waals surface area contributed by atoms with Crippen LogP contribution >= 0.6 is 22.6 Å². The molecule has 1 N–H and O–H groups in total. The Morgan fingerprint density at radius 2 is 1.91 bits per heavy atom. The van der Waals surface area contributed by atoms with Crippen molar-refractivity contribution < 1.29 is 0 Å². The standard InChI is InChI=1S/C18H24IN3/c1-3-13(4-2)17-16-7-5-6-12-20-18(16)22(21-17)15-10-8-14(19)9-11-15/h8-11,13,20H,3-7,12H2,1-2H3. The summed E-state index contributed by atoms with van der Waals surface area (Å²) in [5.74, 6) is 1.79. The molecule has 22 heavy (non-hydrogen) atoms. The predicted octanol–water partition coefficient (Wildman–Crippen LogP) is 5.13. The van der Waals surface area contributed by atoms with Crippen LogP contribution in [-0.2, 0) is 6.42 Å². The molecule has 118 valence electrons. The lowest BCUT2D eigenvalue weighted by molar-refractivity contribution is 0.605. The van der Waals surface area contributed by atoms with E-state index in [1.165, 1.54) is 33.5 Å². The van der Waals surface area contributed by atoms with Crippen LogP contribution in [0, 0.1) is 3.57 Å². The third kappa shape index (κ3) is 3.03. The molecule has 0 spiro atoms. The number of benzene rings is 1. The molecule has 3 rings (SSSR count). The van der Waals surface area contributed by atoms with Gasteiger partial charge in [0.2, 0.25) is 0 Å². The summed E-state index contributed by atoms with van der Waals surface area (Å²) < 4.78 is 3.39. The summed E-state index contributed by atoms with van der Waals surface area (Å²) >= 11 is 2.35. The molecule has 2 heterocycles. The third-order valence-corrected chi connectivity index (χ3v) is 5.32. The van der Waals surface area contributed by atoms with Crippen LogP contribution in [0.3, 0.4) is 0 Å². The van der Waals surface area contributed by atoms with Crippen molar-refractivity contribution in [1.82, 2.24) is 9.78 Å². The van der Waals surface area contributed by atoms with Gasteiger partial charge < -0.3 is 5.32 Å². The van der Waals surface area contributed by atoms with E-state index in [0.29, 0.717) is 5.92 Å². The normalized spacial score (nSPS) is 14.5. The second-order valence-corrected chi connectivity index (χ2v) is 7.24. The first-order valence-electron chi connectivity index (χ1n) is 8.36. The third-order valence-electron chi connectivity index (χ3n) is 4.60. The van der Waals surface area contributed by atoms with Crippen LogP contribution in [0.2, 0.25) is 0 Å². The van der Waals surface area contributed by atoms with E-state index in [1.54, 1.807) is 0 Å². The highest BCUT2D eigenvalue weighted by molar-refractivity contribution is 14.1. The van der Waals surface area contributed by atoms with Crippen molar-refractivity contribution in [3.63, 3.8) is 0 Å². The second-order valence-electron chi connectivity index (χ2n) is 6.00. The smallest absolute Gasteiger partial charge is 0.133 e. The van der Waals surface area contributed by atoms with Gasteiger partial charge in [0.05, 0.1) is 11.4 Å². The molecule has 3 nitrogen and oxygen atoms in total. The fourth-order valence-electron chi connectivity index (χ4n) is 3.30. The van der Waals surface area contributed by atoms with Gasteiger partial charge in [-0.25, -0.2) is 4.68 Å². The summed E-state index contributed by atoms with van der Waals surface area (Å²) in [5, 5.41) is 8.66. The van der Waals surface area contributed by atoms with E-state index >= 15 is 0 Å². The average Bonchev–Trinajstić information content (AvgIpc) is 2.73. The maximum Gasteiger partial charge on any atom is 0.133 e.